The summed E-state index contributed by atoms with van der Waals surface area (Å²) in [6, 6.07) is 18.5. The Bertz CT molecular complexity index is 854. The Balaban J connectivity index is 1.50. The second-order valence-corrected chi connectivity index (χ2v) is 7.92. The lowest BCUT2D eigenvalue weighted by molar-refractivity contribution is -0.127. The lowest BCUT2D eigenvalue weighted by Crippen LogP contribution is -2.40. The van der Waals surface area contributed by atoms with E-state index in [9.17, 15) is 4.79 Å². The van der Waals surface area contributed by atoms with E-state index in [1.807, 2.05) is 35.2 Å². The predicted octanol–water partition coefficient (Wildman–Crippen LogP) is 2.98. The highest BCUT2D eigenvalue weighted by molar-refractivity contribution is 5.81. The van der Waals surface area contributed by atoms with E-state index in [2.05, 4.69) is 41.8 Å². The van der Waals surface area contributed by atoms with E-state index in [-0.39, 0.29) is 5.91 Å². The number of nitrogens with one attached hydrogen (secondary N) is 2. The average Bonchev–Trinajstić information content (AvgIpc) is 3.15. The van der Waals surface area contributed by atoms with Crippen LogP contribution in [0, 0.1) is 5.92 Å². The van der Waals surface area contributed by atoms with Crippen LogP contribution in [-0.2, 0) is 29.1 Å². The first kappa shape index (κ1) is 22.8. The van der Waals surface area contributed by atoms with Crippen LogP contribution in [0.3, 0.4) is 0 Å². The number of carbonyl (C=O) groups is 1. The summed E-state index contributed by atoms with van der Waals surface area (Å²) in [6.45, 7) is 6.33. The van der Waals surface area contributed by atoms with Crippen molar-refractivity contribution in [3.63, 3.8) is 0 Å². The molecule has 0 aromatic heterocycles. The number of nitrogens with zero attached hydrogens (tertiary/aromatic N) is 2. The minimum absolute atomic E-state index is 0.248. The minimum atomic E-state index is 0.248. The molecule has 0 spiro atoms. The van der Waals surface area contributed by atoms with Crippen molar-refractivity contribution in [3.05, 3.63) is 71.3 Å². The summed E-state index contributed by atoms with van der Waals surface area (Å²) in [6.07, 6.45) is 1.50. The van der Waals surface area contributed by atoms with Crippen LogP contribution in [0.4, 0.5) is 0 Å². The van der Waals surface area contributed by atoms with Gasteiger partial charge in [0, 0.05) is 45.6 Å². The highest BCUT2D eigenvalue weighted by Gasteiger charge is 2.29. The van der Waals surface area contributed by atoms with Crippen molar-refractivity contribution in [1.82, 2.24) is 15.5 Å². The Hall–Kier alpha value is -2.86. The second-order valence-electron chi connectivity index (χ2n) is 7.92. The maximum atomic E-state index is 12.4. The normalized spacial score (nSPS) is 16.6. The fourth-order valence-corrected chi connectivity index (χ4v) is 3.87. The van der Waals surface area contributed by atoms with E-state index in [4.69, 9.17) is 9.73 Å². The van der Waals surface area contributed by atoms with Crippen LogP contribution in [0.2, 0.25) is 0 Å². The third-order valence-electron chi connectivity index (χ3n) is 5.54. The first-order valence-corrected chi connectivity index (χ1v) is 11.1. The first-order valence-electron chi connectivity index (χ1n) is 11.1. The van der Waals surface area contributed by atoms with Crippen LogP contribution in [0.5, 0.6) is 0 Å². The van der Waals surface area contributed by atoms with E-state index >= 15 is 0 Å². The van der Waals surface area contributed by atoms with Gasteiger partial charge in [-0.25, -0.2) is 4.99 Å². The monoisotopic (exact) mass is 422 g/mol. The van der Waals surface area contributed by atoms with Gasteiger partial charge in [-0.05, 0) is 30.0 Å². The van der Waals surface area contributed by atoms with Crippen LogP contribution in [-0.4, -0.2) is 50.1 Å². The Morgan fingerprint density at radius 2 is 1.84 bits per heavy atom. The highest BCUT2D eigenvalue weighted by atomic mass is 16.5. The predicted molar refractivity (Wildman–Crippen MR) is 125 cm³/mol. The van der Waals surface area contributed by atoms with E-state index < -0.39 is 0 Å². The van der Waals surface area contributed by atoms with Gasteiger partial charge in [0.1, 0.15) is 0 Å². The van der Waals surface area contributed by atoms with Gasteiger partial charge in [-0.15, -0.1) is 0 Å². The van der Waals surface area contributed by atoms with Gasteiger partial charge in [-0.2, -0.15) is 0 Å². The van der Waals surface area contributed by atoms with Crippen LogP contribution in [0.15, 0.2) is 59.6 Å². The molecule has 1 aliphatic rings. The summed E-state index contributed by atoms with van der Waals surface area (Å²) in [4.78, 5) is 19.2. The Kier molecular flexibility index (Phi) is 8.91. The average molecular weight is 423 g/mol. The quantitative estimate of drug-likeness (QED) is 0.456. The zero-order valence-corrected chi connectivity index (χ0v) is 18.6. The first-order chi connectivity index (χ1) is 15.2. The van der Waals surface area contributed by atoms with Crippen molar-refractivity contribution in [2.45, 2.75) is 32.9 Å². The topological polar surface area (TPSA) is 66.0 Å². The van der Waals surface area contributed by atoms with Crippen molar-refractivity contribution in [1.29, 1.82) is 0 Å². The van der Waals surface area contributed by atoms with Crippen molar-refractivity contribution >= 4 is 11.9 Å². The van der Waals surface area contributed by atoms with Gasteiger partial charge in [0.05, 0.1) is 13.2 Å². The van der Waals surface area contributed by atoms with Gasteiger partial charge in [0.15, 0.2) is 5.96 Å². The molecule has 0 saturated carbocycles. The molecule has 1 saturated heterocycles. The number of rotatable bonds is 10. The summed E-state index contributed by atoms with van der Waals surface area (Å²) >= 11 is 0. The number of ether oxygens (including phenoxy) is 1. The summed E-state index contributed by atoms with van der Waals surface area (Å²) in [5, 5.41) is 6.73. The largest absolute Gasteiger partial charge is 0.380 e. The molecule has 2 aromatic carbocycles. The molecular weight excluding hydrogens is 388 g/mol. The Morgan fingerprint density at radius 3 is 2.58 bits per heavy atom. The van der Waals surface area contributed by atoms with Crippen LogP contribution >= 0.6 is 0 Å². The maximum Gasteiger partial charge on any atom is 0.223 e. The zero-order valence-electron chi connectivity index (χ0n) is 18.6. The van der Waals surface area contributed by atoms with E-state index in [0.717, 1.165) is 49.7 Å². The molecule has 1 amide bonds. The number of guanidine groups is 1. The third-order valence-corrected chi connectivity index (χ3v) is 5.54. The fourth-order valence-electron chi connectivity index (χ4n) is 3.87. The number of methoxy groups -OCH3 is 1. The Labute approximate surface area is 185 Å². The van der Waals surface area contributed by atoms with Crippen LogP contribution < -0.4 is 10.6 Å². The van der Waals surface area contributed by atoms with Crippen molar-refractivity contribution in [2.75, 3.05) is 33.3 Å². The van der Waals surface area contributed by atoms with Crippen molar-refractivity contribution in [2.24, 2.45) is 10.9 Å². The van der Waals surface area contributed by atoms with Crippen molar-refractivity contribution in [3.8, 4) is 0 Å². The summed E-state index contributed by atoms with van der Waals surface area (Å²) in [5.41, 5.74) is 3.58. The molecule has 1 aliphatic heterocycles. The molecule has 2 aromatic rings. The highest BCUT2D eigenvalue weighted by Crippen LogP contribution is 2.18. The lowest BCUT2D eigenvalue weighted by atomic mass is 10.1. The smallest absolute Gasteiger partial charge is 0.223 e. The molecule has 1 unspecified atom stereocenters. The number of hydrogen-bond acceptors (Lipinski definition) is 3. The van der Waals surface area contributed by atoms with Gasteiger partial charge >= 0.3 is 0 Å². The molecule has 0 bridgehead atoms. The molecular formula is C25H34N4O2. The zero-order chi connectivity index (χ0) is 21.9. The van der Waals surface area contributed by atoms with Crippen LogP contribution in [0.25, 0.3) is 0 Å². The van der Waals surface area contributed by atoms with Crippen molar-refractivity contribution < 1.29 is 9.53 Å². The molecule has 6 nitrogen and oxygen atoms in total. The van der Waals surface area contributed by atoms with E-state index in [1.54, 1.807) is 7.11 Å². The van der Waals surface area contributed by atoms with E-state index in [1.165, 1.54) is 5.56 Å². The molecule has 1 atom stereocenters. The number of likely N-dealkylation sites (tertiary alicyclic amines) is 1. The SMILES string of the molecule is CCNC(=NCc1ccccc1COC)NCC1CC(=O)N(CCc2ccccc2)C1. The molecule has 166 valence electrons. The molecule has 0 aliphatic carbocycles. The maximum absolute atomic E-state index is 12.4. The van der Waals surface area contributed by atoms with Gasteiger partial charge in [-0.1, -0.05) is 54.6 Å². The molecule has 3 rings (SSSR count). The second kappa shape index (κ2) is 12.1. The minimum Gasteiger partial charge on any atom is -0.380 e. The number of amides is 1. The molecule has 1 heterocycles. The number of aliphatic imine (C=N–C) groups is 1. The fraction of sp³-hybridized carbons (Fsp3) is 0.440. The summed E-state index contributed by atoms with van der Waals surface area (Å²) in [5.74, 6) is 1.33. The van der Waals surface area contributed by atoms with Gasteiger partial charge in [0.2, 0.25) is 5.91 Å². The number of hydrogen-bond donors (Lipinski definition) is 2. The van der Waals surface area contributed by atoms with Gasteiger partial charge in [0.25, 0.3) is 0 Å². The molecule has 2 N–H and O–H groups in total. The standard InChI is InChI=1S/C25H34N4O2/c1-3-26-25(28-17-22-11-7-8-12-23(22)19-31-2)27-16-21-15-24(30)29(18-21)14-13-20-9-5-4-6-10-20/h4-12,21H,3,13-19H2,1-2H3,(H2,26,27,28). The molecule has 6 heteroatoms. The van der Waals surface area contributed by atoms with E-state index in [0.29, 0.717) is 25.5 Å². The van der Waals surface area contributed by atoms with Gasteiger partial charge < -0.3 is 20.3 Å². The molecule has 0 radical (unpaired) electrons. The lowest BCUT2D eigenvalue weighted by Gasteiger charge is -2.18. The molecule has 1 fully saturated rings. The molecule has 31 heavy (non-hydrogen) atoms. The van der Waals surface area contributed by atoms with Crippen LogP contribution in [0.1, 0.15) is 30.0 Å². The Morgan fingerprint density at radius 1 is 1.10 bits per heavy atom. The number of benzene rings is 2. The summed E-state index contributed by atoms with van der Waals surface area (Å²) < 4.78 is 5.29. The number of carbonyl (C=O) groups excluding carboxylic acids is 1. The third kappa shape index (κ3) is 7.10. The van der Waals surface area contributed by atoms with Gasteiger partial charge in [-0.3, -0.25) is 4.79 Å². The summed E-state index contributed by atoms with van der Waals surface area (Å²) in [7, 11) is 1.71.